The molecule has 2 aromatic carbocycles. The number of anilines is 3. The lowest BCUT2D eigenvalue weighted by Gasteiger charge is -2.32. The molecule has 1 aromatic heterocycles. The van der Waals surface area contributed by atoms with Crippen LogP contribution in [0.5, 0.6) is 0 Å². The maximum absolute atomic E-state index is 12.6. The van der Waals surface area contributed by atoms with Crippen LogP contribution in [0.2, 0.25) is 5.02 Å². The molecule has 3 aromatic rings. The van der Waals surface area contributed by atoms with Gasteiger partial charge >= 0.3 is 5.97 Å². The van der Waals surface area contributed by atoms with Gasteiger partial charge in [0, 0.05) is 23.8 Å². The molecule has 1 unspecified atom stereocenters. The number of ether oxygens (including phenoxy) is 1. The molecule has 33 heavy (non-hydrogen) atoms. The molecular weight excluding hydrogens is 444 g/mol. The maximum atomic E-state index is 12.6. The molecule has 4 rings (SSSR count). The number of benzene rings is 2. The third-order valence-corrected chi connectivity index (χ3v) is 5.24. The zero-order chi connectivity index (χ0) is 23.4. The zero-order valence-electron chi connectivity index (χ0n) is 17.7. The summed E-state index contributed by atoms with van der Waals surface area (Å²) in [5.74, 6) is -0.268. The van der Waals surface area contributed by atoms with E-state index in [1.807, 2.05) is 30.3 Å². The van der Waals surface area contributed by atoms with Gasteiger partial charge in [0.25, 0.3) is 0 Å². The number of carbonyl (C=O) groups is 2. The minimum Gasteiger partial charge on any atom is -0.457 e. The summed E-state index contributed by atoms with van der Waals surface area (Å²) in [6.07, 6.45) is 3.52. The van der Waals surface area contributed by atoms with Crippen LogP contribution >= 0.6 is 11.6 Å². The Morgan fingerprint density at radius 2 is 1.88 bits per heavy atom. The van der Waals surface area contributed by atoms with Crippen molar-refractivity contribution >= 4 is 47.1 Å². The van der Waals surface area contributed by atoms with Crippen LogP contribution in [0.15, 0.2) is 54.7 Å². The fraction of sp³-hybridized carbons (Fsp3) is 0.174. The van der Waals surface area contributed by atoms with Gasteiger partial charge in [0.2, 0.25) is 17.8 Å². The Balaban J connectivity index is 1.43. The summed E-state index contributed by atoms with van der Waals surface area (Å²) in [5, 5.41) is 3.60. The summed E-state index contributed by atoms with van der Waals surface area (Å²) in [4.78, 5) is 38.6. The Kier molecular flexibility index (Phi) is 6.50. The first-order valence-electron chi connectivity index (χ1n) is 10.1. The van der Waals surface area contributed by atoms with Gasteiger partial charge in [-0.1, -0.05) is 35.9 Å². The van der Waals surface area contributed by atoms with E-state index >= 15 is 0 Å². The lowest BCUT2D eigenvalue weighted by molar-refractivity contribution is -0.147. The first kappa shape index (κ1) is 22.2. The number of nitrogens with zero attached hydrogens (tertiary/aromatic N) is 4. The van der Waals surface area contributed by atoms with Crippen molar-refractivity contribution in [2.45, 2.75) is 26.0 Å². The van der Waals surface area contributed by atoms with Crippen molar-refractivity contribution in [3.63, 3.8) is 0 Å². The van der Waals surface area contributed by atoms with Crippen molar-refractivity contribution < 1.29 is 14.3 Å². The van der Waals surface area contributed by atoms with Gasteiger partial charge in [-0.25, -0.2) is 0 Å². The van der Waals surface area contributed by atoms with Gasteiger partial charge in [-0.2, -0.15) is 15.0 Å². The first-order valence-corrected chi connectivity index (χ1v) is 10.5. The summed E-state index contributed by atoms with van der Waals surface area (Å²) in [5.41, 5.74) is 8.33. The fourth-order valence-corrected chi connectivity index (χ4v) is 3.62. The SMILES string of the molecule is CC(=O)N1C=Cc2ccccc2C1CC(=O)OCc1nc(N)nc(Nc2ccc(Cl)cc2)n1. The molecule has 0 aliphatic carbocycles. The largest absolute Gasteiger partial charge is 0.457 e. The number of esters is 1. The van der Waals surface area contributed by atoms with E-state index in [2.05, 4.69) is 20.3 Å². The molecule has 0 fully saturated rings. The highest BCUT2D eigenvalue weighted by Gasteiger charge is 2.28. The van der Waals surface area contributed by atoms with Crippen LogP contribution in [0, 0.1) is 0 Å². The van der Waals surface area contributed by atoms with Crippen LogP contribution in [0.3, 0.4) is 0 Å². The van der Waals surface area contributed by atoms with E-state index in [1.54, 1.807) is 30.5 Å². The predicted octanol–water partition coefficient (Wildman–Crippen LogP) is 3.86. The molecule has 0 spiro atoms. The van der Waals surface area contributed by atoms with E-state index in [9.17, 15) is 9.59 Å². The average Bonchev–Trinajstić information content (AvgIpc) is 2.79. The van der Waals surface area contributed by atoms with Crippen LogP contribution in [0.1, 0.15) is 36.3 Å². The Labute approximate surface area is 195 Å². The number of nitrogen functional groups attached to an aromatic ring is 1. The van der Waals surface area contributed by atoms with Gasteiger partial charge in [0.05, 0.1) is 12.5 Å². The molecule has 3 N–H and O–H groups in total. The normalized spacial score (nSPS) is 14.5. The van der Waals surface area contributed by atoms with Crippen molar-refractivity contribution in [3.05, 3.63) is 76.7 Å². The third kappa shape index (κ3) is 5.45. The Morgan fingerprint density at radius 3 is 2.64 bits per heavy atom. The van der Waals surface area contributed by atoms with Crippen molar-refractivity contribution in [2.75, 3.05) is 11.1 Å². The quantitative estimate of drug-likeness (QED) is 0.527. The summed E-state index contributed by atoms with van der Waals surface area (Å²) >= 11 is 5.90. The second-order valence-electron chi connectivity index (χ2n) is 7.32. The van der Waals surface area contributed by atoms with E-state index in [1.165, 1.54) is 11.8 Å². The third-order valence-electron chi connectivity index (χ3n) is 4.99. The van der Waals surface area contributed by atoms with Crippen molar-refractivity contribution in [2.24, 2.45) is 0 Å². The van der Waals surface area contributed by atoms with Gasteiger partial charge in [0.1, 0.15) is 0 Å². The van der Waals surface area contributed by atoms with Crippen molar-refractivity contribution in [3.8, 4) is 0 Å². The number of hydrogen-bond donors (Lipinski definition) is 2. The lowest BCUT2D eigenvalue weighted by Crippen LogP contribution is -2.32. The standard InChI is InChI=1S/C23H21ClN6O3/c1-14(31)30-11-10-15-4-2-3-5-18(15)19(30)12-21(32)33-13-20-27-22(25)29-23(28-20)26-17-8-6-16(24)7-9-17/h2-11,19H,12-13H2,1H3,(H3,25,26,27,28,29). The molecule has 1 aliphatic heterocycles. The Bertz CT molecular complexity index is 1220. The minimum atomic E-state index is -0.498. The molecule has 168 valence electrons. The Hall–Kier alpha value is -3.98. The average molecular weight is 465 g/mol. The van der Waals surface area contributed by atoms with Crippen molar-refractivity contribution in [1.29, 1.82) is 0 Å². The molecule has 0 bridgehead atoms. The molecular formula is C23H21ClN6O3. The van der Waals surface area contributed by atoms with Crippen LogP contribution in [-0.4, -0.2) is 31.7 Å². The minimum absolute atomic E-state index is 0.0124. The molecule has 2 heterocycles. The number of hydrogen-bond acceptors (Lipinski definition) is 8. The van der Waals surface area contributed by atoms with Gasteiger partial charge in [-0.05, 0) is 41.5 Å². The molecule has 0 saturated heterocycles. The Morgan fingerprint density at radius 1 is 1.12 bits per heavy atom. The van der Waals surface area contributed by atoms with E-state index in [0.29, 0.717) is 10.7 Å². The molecule has 10 heteroatoms. The van der Waals surface area contributed by atoms with E-state index in [-0.39, 0.29) is 36.7 Å². The highest BCUT2D eigenvalue weighted by Crippen LogP contribution is 2.33. The van der Waals surface area contributed by atoms with E-state index in [0.717, 1.165) is 11.1 Å². The number of carbonyl (C=O) groups excluding carboxylic acids is 2. The van der Waals surface area contributed by atoms with Crippen LogP contribution in [-0.2, 0) is 20.9 Å². The van der Waals surface area contributed by atoms with Gasteiger partial charge in [-0.15, -0.1) is 0 Å². The summed E-state index contributed by atoms with van der Waals surface area (Å²) in [7, 11) is 0. The highest BCUT2D eigenvalue weighted by atomic mass is 35.5. The fourth-order valence-electron chi connectivity index (χ4n) is 3.50. The molecule has 1 aliphatic rings. The summed E-state index contributed by atoms with van der Waals surface area (Å²) in [6, 6.07) is 14.1. The van der Waals surface area contributed by atoms with E-state index < -0.39 is 12.0 Å². The second-order valence-corrected chi connectivity index (χ2v) is 7.75. The number of aromatic nitrogens is 3. The molecule has 1 atom stereocenters. The van der Waals surface area contributed by atoms with E-state index in [4.69, 9.17) is 22.1 Å². The smallest absolute Gasteiger partial charge is 0.308 e. The molecule has 0 radical (unpaired) electrons. The second kappa shape index (κ2) is 9.66. The van der Waals surface area contributed by atoms with Crippen molar-refractivity contribution in [1.82, 2.24) is 19.9 Å². The first-order chi connectivity index (χ1) is 15.9. The van der Waals surface area contributed by atoms with Crippen LogP contribution < -0.4 is 11.1 Å². The number of nitrogens with one attached hydrogen (secondary N) is 1. The topological polar surface area (TPSA) is 123 Å². The number of nitrogens with two attached hydrogens (primary N) is 1. The van der Waals surface area contributed by atoms with Gasteiger partial charge in [-0.3, -0.25) is 9.59 Å². The number of halogens is 1. The number of fused-ring (bicyclic) bond motifs is 1. The number of amides is 1. The van der Waals surface area contributed by atoms with Gasteiger partial charge in [0.15, 0.2) is 12.4 Å². The maximum Gasteiger partial charge on any atom is 0.308 e. The number of rotatable bonds is 6. The van der Waals surface area contributed by atoms with Gasteiger partial charge < -0.3 is 20.7 Å². The predicted molar refractivity (Wildman–Crippen MR) is 124 cm³/mol. The highest BCUT2D eigenvalue weighted by molar-refractivity contribution is 6.30. The van der Waals surface area contributed by atoms with Crippen LogP contribution in [0.4, 0.5) is 17.6 Å². The molecule has 9 nitrogen and oxygen atoms in total. The summed E-state index contributed by atoms with van der Waals surface area (Å²) in [6.45, 7) is 1.27. The van der Waals surface area contributed by atoms with Crippen LogP contribution in [0.25, 0.3) is 6.08 Å². The lowest BCUT2D eigenvalue weighted by atomic mass is 9.94. The monoisotopic (exact) mass is 464 g/mol. The summed E-state index contributed by atoms with van der Waals surface area (Å²) < 4.78 is 5.40. The zero-order valence-corrected chi connectivity index (χ0v) is 18.5. The molecule has 0 saturated carbocycles. The molecule has 1 amide bonds.